The van der Waals surface area contributed by atoms with Crippen LogP contribution in [0.25, 0.3) is 0 Å². The van der Waals surface area contributed by atoms with Crippen LogP contribution >= 0.6 is 0 Å². The highest BCUT2D eigenvalue weighted by atomic mass is 16.7. The highest BCUT2D eigenvalue weighted by Crippen LogP contribution is 2.38. The van der Waals surface area contributed by atoms with Gasteiger partial charge in [0.1, 0.15) is 5.75 Å². The molecular weight excluding hydrogens is 416 g/mol. The van der Waals surface area contributed by atoms with Crippen LogP contribution in [0.3, 0.4) is 0 Å². The first-order chi connectivity index (χ1) is 16.0. The molecule has 0 bridgehead atoms. The molecule has 2 aliphatic rings. The van der Waals surface area contributed by atoms with E-state index in [4.69, 9.17) is 14.2 Å². The molecule has 2 aliphatic heterocycles. The maximum absolute atomic E-state index is 13.4. The Balaban J connectivity index is 1.61. The van der Waals surface area contributed by atoms with Crippen LogP contribution < -0.4 is 4.74 Å². The molecule has 178 valence electrons. The van der Waals surface area contributed by atoms with E-state index in [9.17, 15) is 4.79 Å². The zero-order chi connectivity index (χ0) is 23.4. The summed E-state index contributed by atoms with van der Waals surface area (Å²) in [6.07, 6.45) is 1.54. The number of hydrogen-bond acceptors (Lipinski definition) is 5. The van der Waals surface area contributed by atoms with Crippen LogP contribution in [0.4, 0.5) is 0 Å². The minimum atomic E-state index is -0.603. The summed E-state index contributed by atoms with van der Waals surface area (Å²) in [7, 11) is 1.62. The first-order valence-electron chi connectivity index (χ1n) is 12.1. The molecule has 0 N–H and O–H groups in total. The van der Waals surface area contributed by atoms with E-state index in [0.29, 0.717) is 37.6 Å². The summed E-state index contributed by atoms with van der Waals surface area (Å²) in [5.41, 5.74) is 3.00. The van der Waals surface area contributed by atoms with Crippen LogP contribution in [0.15, 0.2) is 48.5 Å². The summed E-state index contributed by atoms with van der Waals surface area (Å²) in [5, 5.41) is 0. The van der Waals surface area contributed by atoms with Crippen LogP contribution in [0.1, 0.15) is 61.1 Å². The Labute approximate surface area is 197 Å². The van der Waals surface area contributed by atoms with Gasteiger partial charge in [-0.05, 0) is 38.0 Å². The normalized spacial score (nSPS) is 21.2. The first kappa shape index (κ1) is 23.7. The molecule has 6 heteroatoms. The van der Waals surface area contributed by atoms with Crippen molar-refractivity contribution in [1.29, 1.82) is 0 Å². The quantitative estimate of drug-likeness (QED) is 0.519. The average Bonchev–Trinajstić information content (AvgIpc) is 3.15. The van der Waals surface area contributed by atoms with Gasteiger partial charge in [0.15, 0.2) is 5.79 Å². The second kappa shape index (κ2) is 10.2. The molecule has 1 saturated heterocycles. The third kappa shape index (κ3) is 4.79. The highest BCUT2D eigenvalue weighted by molar-refractivity contribution is 6.01. The number of ether oxygens (including phenoxy) is 3. The number of amides is 1. The Hall–Kier alpha value is -2.41. The van der Waals surface area contributed by atoms with Crippen molar-refractivity contribution in [2.24, 2.45) is 0 Å². The van der Waals surface area contributed by atoms with Gasteiger partial charge in [0.05, 0.1) is 12.7 Å². The zero-order valence-corrected chi connectivity index (χ0v) is 20.3. The minimum absolute atomic E-state index is 0.0405. The number of rotatable bonds is 9. The van der Waals surface area contributed by atoms with Gasteiger partial charge in [0, 0.05) is 57.8 Å². The molecule has 0 aliphatic carbocycles. The maximum Gasteiger partial charge on any atom is 0.258 e. The minimum Gasteiger partial charge on any atom is -0.496 e. The van der Waals surface area contributed by atoms with E-state index in [0.717, 1.165) is 24.9 Å². The van der Waals surface area contributed by atoms with E-state index >= 15 is 0 Å². The van der Waals surface area contributed by atoms with Crippen molar-refractivity contribution >= 4 is 5.91 Å². The van der Waals surface area contributed by atoms with Crippen molar-refractivity contribution in [1.82, 2.24) is 9.80 Å². The van der Waals surface area contributed by atoms with Crippen molar-refractivity contribution in [3.63, 3.8) is 0 Å². The van der Waals surface area contributed by atoms with Crippen LogP contribution in [0.5, 0.6) is 5.75 Å². The molecule has 6 nitrogen and oxygen atoms in total. The van der Waals surface area contributed by atoms with Crippen LogP contribution in [-0.2, 0) is 16.0 Å². The van der Waals surface area contributed by atoms with Crippen molar-refractivity contribution in [3.8, 4) is 5.75 Å². The Bertz CT molecular complexity index is 942. The Kier molecular flexibility index (Phi) is 7.37. The van der Waals surface area contributed by atoms with E-state index in [1.54, 1.807) is 7.11 Å². The molecule has 33 heavy (non-hydrogen) atoms. The number of carbonyl (C=O) groups excluding carboxylic acids is 1. The SMILES string of the molecule is CCOC1(OCC)CCN([C@@H](C)c2ccccc2)[C@@H](CN2Cc3cccc(OC)c3C2=O)C1. The second-order valence-electron chi connectivity index (χ2n) is 8.89. The topological polar surface area (TPSA) is 51.2 Å². The molecule has 0 radical (unpaired) electrons. The van der Waals surface area contributed by atoms with Gasteiger partial charge in [-0.25, -0.2) is 0 Å². The molecule has 2 aromatic rings. The maximum atomic E-state index is 13.4. The number of fused-ring (bicyclic) bond motifs is 1. The van der Waals surface area contributed by atoms with Gasteiger partial charge in [-0.1, -0.05) is 42.5 Å². The van der Waals surface area contributed by atoms with Crippen LogP contribution in [-0.4, -0.2) is 60.9 Å². The number of likely N-dealkylation sites (tertiary alicyclic amines) is 1. The molecule has 0 saturated carbocycles. The summed E-state index contributed by atoms with van der Waals surface area (Å²) >= 11 is 0. The summed E-state index contributed by atoms with van der Waals surface area (Å²) in [5.74, 6) is 0.0869. The molecule has 2 atom stereocenters. The number of carbonyl (C=O) groups is 1. The van der Waals surface area contributed by atoms with Crippen LogP contribution in [0, 0.1) is 0 Å². The monoisotopic (exact) mass is 452 g/mol. The zero-order valence-electron chi connectivity index (χ0n) is 20.3. The predicted octanol–water partition coefficient (Wildman–Crippen LogP) is 4.65. The van der Waals surface area contributed by atoms with Crippen molar-refractivity contribution in [2.75, 3.05) is 33.4 Å². The number of nitrogens with zero attached hydrogens (tertiary/aromatic N) is 2. The van der Waals surface area contributed by atoms with E-state index in [2.05, 4.69) is 36.1 Å². The van der Waals surface area contributed by atoms with Gasteiger partial charge >= 0.3 is 0 Å². The summed E-state index contributed by atoms with van der Waals surface area (Å²) in [6, 6.07) is 16.7. The van der Waals surface area contributed by atoms with Gasteiger partial charge in [-0.2, -0.15) is 0 Å². The van der Waals surface area contributed by atoms with E-state index in [1.807, 2.05) is 43.0 Å². The second-order valence-corrected chi connectivity index (χ2v) is 8.89. The molecular formula is C27H36N2O4. The fraction of sp³-hybridized carbons (Fsp3) is 0.519. The third-order valence-electron chi connectivity index (χ3n) is 6.99. The fourth-order valence-corrected chi connectivity index (χ4v) is 5.45. The molecule has 1 amide bonds. The lowest BCUT2D eigenvalue weighted by molar-refractivity contribution is -0.263. The lowest BCUT2D eigenvalue weighted by Gasteiger charge is -2.49. The predicted molar refractivity (Wildman–Crippen MR) is 128 cm³/mol. The van der Waals surface area contributed by atoms with Gasteiger partial charge in [-0.3, -0.25) is 9.69 Å². The van der Waals surface area contributed by atoms with Gasteiger partial charge in [-0.15, -0.1) is 0 Å². The van der Waals surface area contributed by atoms with Crippen molar-refractivity contribution in [3.05, 3.63) is 65.2 Å². The summed E-state index contributed by atoms with van der Waals surface area (Å²) in [4.78, 5) is 17.8. The fourth-order valence-electron chi connectivity index (χ4n) is 5.45. The van der Waals surface area contributed by atoms with Crippen LogP contribution in [0.2, 0.25) is 0 Å². The van der Waals surface area contributed by atoms with E-state index in [1.165, 1.54) is 5.56 Å². The van der Waals surface area contributed by atoms with Crippen molar-refractivity contribution < 1.29 is 19.0 Å². The Morgan fingerprint density at radius 2 is 1.79 bits per heavy atom. The largest absolute Gasteiger partial charge is 0.496 e. The lowest BCUT2D eigenvalue weighted by atomic mass is 9.92. The van der Waals surface area contributed by atoms with E-state index in [-0.39, 0.29) is 18.0 Å². The Morgan fingerprint density at radius 3 is 2.45 bits per heavy atom. The van der Waals surface area contributed by atoms with E-state index < -0.39 is 5.79 Å². The molecule has 0 spiro atoms. The Morgan fingerprint density at radius 1 is 1.06 bits per heavy atom. The van der Waals surface area contributed by atoms with Gasteiger partial charge in [0.2, 0.25) is 0 Å². The molecule has 1 fully saturated rings. The lowest BCUT2D eigenvalue weighted by Crippen LogP contribution is -2.56. The first-order valence-corrected chi connectivity index (χ1v) is 12.1. The molecule has 2 aromatic carbocycles. The standard InChI is InChI=1S/C27H36N2O4/c1-5-32-27(33-6-2)15-16-29(20(3)21-11-8-7-9-12-21)23(17-27)19-28-18-22-13-10-14-24(31-4)25(22)26(28)30/h7-14,20,23H,5-6,15-19H2,1-4H3/t20-,23+/m0/s1. The number of methoxy groups -OCH3 is 1. The smallest absolute Gasteiger partial charge is 0.258 e. The molecule has 0 unspecified atom stereocenters. The third-order valence-corrected chi connectivity index (χ3v) is 6.99. The van der Waals surface area contributed by atoms with Crippen molar-refractivity contribution in [2.45, 2.75) is 58.0 Å². The highest BCUT2D eigenvalue weighted by Gasteiger charge is 2.44. The van der Waals surface area contributed by atoms with Gasteiger partial charge in [0.25, 0.3) is 5.91 Å². The molecule has 0 aromatic heterocycles. The number of hydrogen-bond donors (Lipinski definition) is 0. The molecule has 4 rings (SSSR count). The molecule has 2 heterocycles. The summed E-state index contributed by atoms with van der Waals surface area (Å²) < 4.78 is 17.9. The van der Waals surface area contributed by atoms with Gasteiger partial charge < -0.3 is 19.1 Å². The number of benzene rings is 2. The summed E-state index contributed by atoms with van der Waals surface area (Å²) in [6.45, 7) is 9.56. The number of piperidine rings is 1. The average molecular weight is 453 g/mol.